The van der Waals surface area contributed by atoms with Gasteiger partial charge in [-0.3, -0.25) is 0 Å². The van der Waals surface area contributed by atoms with Gasteiger partial charge in [-0.15, -0.1) is 0 Å². The Morgan fingerprint density at radius 2 is 2.10 bits per heavy atom. The van der Waals surface area contributed by atoms with Crippen LogP contribution in [0.3, 0.4) is 0 Å². The Balaban J connectivity index is 2.16. The molecule has 2 N–H and O–H groups in total. The fraction of sp³-hybridized carbons (Fsp3) is 0.429. The van der Waals surface area contributed by atoms with E-state index in [0.29, 0.717) is 22.3 Å². The van der Waals surface area contributed by atoms with E-state index >= 15 is 0 Å². The maximum Gasteiger partial charge on any atom is 0.326 e. The molecule has 1 aromatic carbocycles. The highest BCUT2D eigenvalue weighted by Gasteiger charge is 2.37. The Morgan fingerprint density at radius 3 is 2.71 bits per heavy atom. The van der Waals surface area contributed by atoms with Gasteiger partial charge in [-0.05, 0) is 37.0 Å². The molecule has 2 rings (SSSR count). The number of nitrogens with one attached hydrogen (secondary N) is 1. The van der Waals surface area contributed by atoms with Crippen molar-refractivity contribution in [3.63, 3.8) is 0 Å². The van der Waals surface area contributed by atoms with E-state index in [4.69, 9.17) is 23.2 Å². The van der Waals surface area contributed by atoms with Gasteiger partial charge in [0, 0.05) is 11.6 Å². The van der Waals surface area contributed by atoms with Crippen molar-refractivity contribution in [3.8, 4) is 0 Å². The lowest BCUT2D eigenvalue weighted by Gasteiger charge is -2.37. The number of piperidine rings is 1. The molecule has 2 atom stereocenters. The van der Waals surface area contributed by atoms with Crippen LogP contribution in [0.2, 0.25) is 10.0 Å². The second-order valence-electron chi connectivity index (χ2n) is 5.15. The van der Waals surface area contributed by atoms with Crippen LogP contribution in [0.1, 0.15) is 19.8 Å². The first-order valence-electron chi connectivity index (χ1n) is 6.65. The maximum atomic E-state index is 12.3. The first-order chi connectivity index (χ1) is 9.90. The molecule has 114 valence electrons. The van der Waals surface area contributed by atoms with E-state index in [1.807, 2.05) is 6.92 Å². The molecule has 5 nitrogen and oxygen atoms in total. The van der Waals surface area contributed by atoms with E-state index in [0.717, 1.165) is 12.8 Å². The van der Waals surface area contributed by atoms with Crippen LogP contribution in [-0.4, -0.2) is 34.6 Å². The van der Waals surface area contributed by atoms with Crippen LogP contribution < -0.4 is 5.32 Å². The number of halogens is 2. The van der Waals surface area contributed by atoms with Gasteiger partial charge < -0.3 is 15.3 Å². The first kappa shape index (κ1) is 15.9. The van der Waals surface area contributed by atoms with E-state index in [1.54, 1.807) is 12.1 Å². The van der Waals surface area contributed by atoms with Crippen LogP contribution in [0, 0.1) is 5.92 Å². The Labute approximate surface area is 132 Å². The van der Waals surface area contributed by atoms with Crippen molar-refractivity contribution in [3.05, 3.63) is 28.2 Å². The van der Waals surface area contributed by atoms with Crippen molar-refractivity contribution < 1.29 is 14.7 Å². The number of urea groups is 1. The highest BCUT2D eigenvalue weighted by molar-refractivity contribution is 6.36. The zero-order valence-corrected chi connectivity index (χ0v) is 13.0. The minimum Gasteiger partial charge on any atom is -0.480 e. The molecule has 1 aliphatic heterocycles. The van der Waals surface area contributed by atoms with Gasteiger partial charge in [0.2, 0.25) is 0 Å². The molecule has 2 amide bonds. The molecule has 1 heterocycles. The molecular formula is C14H16Cl2N2O3. The molecule has 1 fully saturated rings. The molecule has 0 radical (unpaired) electrons. The van der Waals surface area contributed by atoms with Gasteiger partial charge in [0.1, 0.15) is 6.04 Å². The summed E-state index contributed by atoms with van der Waals surface area (Å²) in [6.07, 6.45) is 1.58. The number of anilines is 1. The van der Waals surface area contributed by atoms with Crippen LogP contribution in [0.25, 0.3) is 0 Å². The smallest absolute Gasteiger partial charge is 0.326 e. The van der Waals surface area contributed by atoms with Crippen molar-refractivity contribution in [2.24, 2.45) is 5.92 Å². The summed E-state index contributed by atoms with van der Waals surface area (Å²) >= 11 is 11.8. The molecule has 0 spiro atoms. The molecule has 1 aliphatic rings. The number of rotatable bonds is 2. The number of aliphatic carboxylic acids is 1. The van der Waals surface area contributed by atoms with Crippen LogP contribution in [0.5, 0.6) is 0 Å². The largest absolute Gasteiger partial charge is 0.480 e. The van der Waals surface area contributed by atoms with Gasteiger partial charge in [0.25, 0.3) is 0 Å². The Morgan fingerprint density at radius 1 is 1.38 bits per heavy atom. The summed E-state index contributed by atoms with van der Waals surface area (Å²) in [6.45, 7) is 2.26. The zero-order valence-electron chi connectivity index (χ0n) is 11.5. The molecule has 21 heavy (non-hydrogen) atoms. The average Bonchev–Trinajstić information content (AvgIpc) is 2.41. The predicted molar refractivity (Wildman–Crippen MR) is 82.0 cm³/mol. The second-order valence-corrected chi connectivity index (χ2v) is 5.99. The number of carboxylic acids is 1. The van der Waals surface area contributed by atoms with Crippen LogP contribution in [0.15, 0.2) is 18.2 Å². The quantitative estimate of drug-likeness (QED) is 0.868. The third kappa shape index (κ3) is 3.60. The van der Waals surface area contributed by atoms with Gasteiger partial charge in [-0.2, -0.15) is 0 Å². The third-order valence-corrected chi connectivity index (χ3v) is 4.17. The Kier molecular flexibility index (Phi) is 4.96. The third-order valence-electron chi connectivity index (χ3n) is 3.62. The highest BCUT2D eigenvalue weighted by atomic mass is 35.5. The molecule has 1 saturated heterocycles. The van der Waals surface area contributed by atoms with Gasteiger partial charge in [-0.25, -0.2) is 9.59 Å². The predicted octanol–water partition coefficient (Wildman–Crippen LogP) is 3.71. The second kappa shape index (κ2) is 6.54. The first-order valence-corrected chi connectivity index (χ1v) is 7.41. The standard InChI is InChI=1S/C14H16Cl2N2O3/c1-8-3-2-6-18(12(8)13(19)20)14(21)17-11-5-4-9(15)7-10(11)16/h4-5,7-8,12H,2-3,6H2,1H3,(H,17,21)(H,19,20). The Bertz CT molecular complexity index is 565. The number of carbonyl (C=O) groups excluding carboxylic acids is 1. The number of likely N-dealkylation sites (tertiary alicyclic amines) is 1. The molecular weight excluding hydrogens is 315 g/mol. The van der Waals surface area contributed by atoms with Crippen LogP contribution >= 0.6 is 23.2 Å². The van der Waals surface area contributed by atoms with Crippen LogP contribution in [-0.2, 0) is 4.79 Å². The summed E-state index contributed by atoms with van der Waals surface area (Å²) < 4.78 is 0. The summed E-state index contributed by atoms with van der Waals surface area (Å²) in [5.74, 6) is -1.07. The molecule has 0 bridgehead atoms. The molecule has 0 aromatic heterocycles. The number of hydrogen-bond acceptors (Lipinski definition) is 2. The number of hydrogen-bond donors (Lipinski definition) is 2. The number of carboxylic acid groups (broad SMARTS) is 1. The van der Waals surface area contributed by atoms with Crippen molar-refractivity contribution >= 4 is 40.9 Å². The van der Waals surface area contributed by atoms with Crippen molar-refractivity contribution in [1.82, 2.24) is 4.90 Å². The van der Waals surface area contributed by atoms with E-state index in [2.05, 4.69) is 5.32 Å². The van der Waals surface area contributed by atoms with E-state index in [-0.39, 0.29) is 5.92 Å². The molecule has 1 aromatic rings. The summed E-state index contributed by atoms with van der Waals surface area (Å²) in [7, 11) is 0. The fourth-order valence-corrected chi connectivity index (χ4v) is 3.03. The van der Waals surface area contributed by atoms with Crippen molar-refractivity contribution in [2.45, 2.75) is 25.8 Å². The summed E-state index contributed by atoms with van der Waals surface area (Å²) in [5.41, 5.74) is 0.411. The van der Waals surface area contributed by atoms with E-state index < -0.39 is 18.0 Å². The van der Waals surface area contributed by atoms with Gasteiger partial charge in [-0.1, -0.05) is 30.1 Å². The lowest BCUT2D eigenvalue weighted by Crippen LogP contribution is -2.53. The number of nitrogens with zero attached hydrogens (tertiary/aromatic N) is 1. The van der Waals surface area contributed by atoms with Gasteiger partial charge in [0.15, 0.2) is 0 Å². The maximum absolute atomic E-state index is 12.3. The number of carbonyl (C=O) groups is 2. The lowest BCUT2D eigenvalue weighted by atomic mass is 9.91. The topological polar surface area (TPSA) is 69.6 Å². The fourth-order valence-electron chi connectivity index (χ4n) is 2.57. The summed E-state index contributed by atoms with van der Waals surface area (Å²) in [4.78, 5) is 25.1. The van der Waals surface area contributed by atoms with Gasteiger partial charge >= 0.3 is 12.0 Å². The van der Waals surface area contributed by atoms with Crippen LogP contribution in [0.4, 0.5) is 10.5 Å². The zero-order chi connectivity index (χ0) is 15.6. The molecule has 2 unspecified atom stereocenters. The molecule has 7 heteroatoms. The van der Waals surface area contributed by atoms with E-state index in [1.165, 1.54) is 11.0 Å². The number of benzene rings is 1. The van der Waals surface area contributed by atoms with Crippen molar-refractivity contribution in [1.29, 1.82) is 0 Å². The summed E-state index contributed by atoms with van der Waals surface area (Å²) in [5, 5.41) is 12.7. The average molecular weight is 331 g/mol. The summed E-state index contributed by atoms with van der Waals surface area (Å²) in [6, 6.07) is 3.44. The molecule has 0 aliphatic carbocycles. The van der Waals surface area contributed by atoms with E-state index in [9.17, 15) is 14.7 Å². The van der Waals surface area contributed by atoms with Crippen molar-refractivity contribution in [2.75, 3.05) is 11.9 Å². The van der Waals surface area contributed by atoms with Gasteiger partial charge in [0.05, 0.1) is 10.7 Å². The minimum atomic E-state index is -0.987. The molecule has 0 saturated carbocycles. The normalized spacial score (nSPS) is 22.0. The lowest BCUT2D eigenvalue weighted by molar-refractivity contribution is -0.145. The number of amides is 2. The SMILES string of the molecule is CC1CCCN(C(=O)Nc2ccc(Cl)cc2Cl)C1C(=O)O. The monoisotopic (exact) mass is 330 g/mol. The Hall–Kier alpha value is -1.46. The highest BCUT2D eigenvalue weighted by Crippen LogP contribution is 2.28. The minimum absolute atomic E-state index is 0.0808.